The first-order chi connectivity index (χ1) is 45.9. The van der Waals surface area contributed by atoms with Crippen LogP contribution in [0.1, 0.15) is 137 Å². The second kappa shape index (κ2) is 30.3. The van der Waals surface area contributed by atoms with Crippen molar-refractivity contribution in [1.82, 2.24) is 39.7 Å². The number of hydrogen-bond acceptors (Lipinski definition) is 19. The number of fused-ring (bicyclic) bond motifs is 6. The summed E-state index contributed by atoms with van der Waals surface area (Å²) in [6, 6.07) is 9.79. The molecule has 10 rings (SSSR count). The minimum Gasteiger partial charge on any atom is -0.493 e. The highest BCUT2D eigenvalue weighted by Crippen LogP contribution is 2.50. The van der Waals surface area contributed by atoms with Crippen molar-refractivity contribution in [2.24, 2.45) is 22.7 Å². The van der Waals surface area contributed by atoms with Crippen molar-refractivity contribution in [2.45, 2.75) is 155 Å². The molecule has 29 heteroatoms. The number of ether oxygens (including phenoxy) is 7. The van der Waals surface area contributed by atoms with Gasteiger partial charge in [-0.3, -0.25) is 33.6 Å². The maximum atomic E-state index is 14.3. The van der Waals surface area contributed by atoms with Gasteiger partial charge in [-0.1, -0.05) is 37.1 Å². The lowest BCUT2D eigenvalue weighted by Gasteiger charge is -2.31. The second-order valence-electron chi connectivity index (χ2n) is 25.5. The van der Waals surface area contributed by atoms with Gasteiger partial charge in [0.1, 0.15) is 31.4 Å². The standard InChI is InChI=1S/C67H85N11O17S/c1-37(2)59(73-58(79)36-91-24-21-70-96(87,88)74-66(85)95-60-46-18-15-43-31-69-78(38(3)4)51(43)20-19-47(46)60)62(81)71-41(7)61(80)72-44-16-13-42(14-17-44)35-94-67(86)77-52-30-57(55(90-9)28-49(52)64(83)76-34-40(6)26-53(76)65(77)84)93-23-12-10-11-22-92-56-29-50-48(27-54(56)89-8)63(82)75-33-39(5)25-45(75)32-68-50/h13-14,16-17,27-34,37-38,41,45-47,53,59-60,65,70,84H,10-12,15,18-26,35-36H2,1-9H3,(H,71,81)(H,72,80)(H,73,79)(H,74,85)/t41-,45-,46+,47-,53-,59-,60+,65-/m0/s1. The summed E-state index contributed by atoms with van der Waals surface area (Å²) in [4.78, 5) is 103. The van der Waals surface area contributed by atoms with Crippen molar-refractivity contribution >= 4 is 75.2 Å². The van der Waals surface area contributed by atoms with Gasteiger partial charge in [0.25, 0.3) is 11.8 Å². The fourth-order valence-corrected chi connectivity index (χ4v) is 13.4. The first-order valence-corrected chi connectivity index (χ1v) is 33.9. The molecule has 0 saturated heterocycles. The Balaban J connectivity index is 0.655. The first-order valence-electron chi connectivity index (χ1n) is 32.4. The molecule has 0 unspecified atom stereocenters. The zero-order valence-electron chi connectivity index (χ0n) is 55.4. The van der Waals surface area contributed by atoms with Gasteiger partial charge in [0.2, 0.25) is 17.7 Å². The Bertz CT molecular complexity index is 3810. The van der Waals surface area contributed by atoms with E-state index in [1.807, 2.05) is 35.6 Å². The molecule has 6 aliphatic rings. The van der Waals surface area contributed by atoms with Crippen molar-refractivity contribution < 1.29 is 80.2 Å². The number of aliphatic imine (C=N–C) groups is 1. The van der Waals surface area contributed by atoms with Crippen LogP contribution in [0.4, 0.5) is 26.7 Å². The molecule has 96 heavy (non-hydrogen) atoms. The maximum absolute atomic E-state index is 14.3. The van der Waals surface area contributed by atoms with Crippen LogP contribution >= 0.6 is 0 Å². The Hall–Kier alpha value is -9.06. The van der Waals surface area contributed by atoms with Crippen LogP contribution in [-0.2, 0) is 58.3 Å². The van der Waals surface area contributed by atoms with E-state index in [9.17, 15) is 47.1 Å². The molecule has 6 N–H and O–H groups in total. The van der Waals surface area contributed by atoms with Gasteiger partial charge in [0, 0.05) is 66.6 Å². The number of carbonyl (C=O) groups is 7. The third-order valence-electron chi connectivity index (χ3n) is 17.8. The summed E-state index contributed by atoms with van der Waals surface area (Å²) in [7, 11) is -1.37. The van der Waals surface area contributed by atoms with Crippen LogP contribution in [0.2, 0.25) is 0 Å². The van der Waals surface area contributed by atoms with Gasteiger partial charge < -0.3 is 64.0 Å². The molecule has 2 aliphatic carbocycles. The number of carbonyl (C=O) groups excluding carboxylic acids is 7. The predicted molar refractivity (Wildman–Crippen MR) is 351 cm³/mol. The molecule has 1 aromatic heterocycles. The Morgan fingerprint density at radius 3 is 2.10 bits per heavy atom. The molecule has 1 fully saturated rings. The lowest BCUT2D eigenvalue weighted by molar-refractivity contribution is -0.133. The van der Waals surface area contributed by atoms with Crippen molar-refractivity contribution in [3.8, 4) is 23.0 Å². The van der Waals surface area contributed by atoms with Gasteiger partial charge >= 0.3 is 22.4 Å². The number of nitrogens with zero attached hydrogens (tertiary/aromatic N) is 6. The molecule has 0 bridgehead atoms. The fourth-order valence-electron chi connectivity index (χ4n) is 12.7. The van der Waals surface area contributed by atoms with E-state index < -0.39 is 82.9 Å². The number of benzene rings is 3. The maximum Gasteiger partial charge on any atom is 0.422 e. The third-order valence-corrected chi connectivity index (χ3v) is 18.8. The van der Waals surface area contributed by atoms with Crippen molar-refractivity contribution in [3.63, 3.8) is 0 Å². The van der Waals surface area contributed by atoms with E-state index in [4.69, 9.17) is 33.2 Å². The number of aryl methyl sites for hydroxylation is 1. The van der Waals surface area contributed by atoms with Crippen LogP contribution in [0.15, 0.2) is 83.3 Å². The van der Waals surface area contributed by atoms with E-state index in [0.29, 0.717) is 59.9 Å². The zero-order chi connectivity index (χ0) is 68.7. The summed E-state index contributed by atoms with van der Waals surface area (Å²) < 4.78 is 71.7. The number of hydrogen-bond donors (Lipinski definition) is 6. The summed E-state index contributed by atoms with van der Waals surface area (Å²) in [5, 5.41) is 24.4. The SMILES string of the molecule is COc1cc2c(cc1OCCCCCOc1cc3c(cc1OC)C(=O)N1C=C(C)C[C@H]1[C@H](O)N3C(=O)OCc1ccc(NC(=O)[C@H](C)NC(=O)[C@@H](NC(=O)COCCNS(=O)(=O)NC(=O)O[C@@H]3[C@@H]4CCc5cnn(C(C)C)c5CC[C@@H]43)C(C)C)cc1)N=C[C@@H]1CC(C)=CN1C2=O. The molecule has 3 aromatic carbocycles. The highest BCUT2D eigenvalue weighted by Gasteiger charge is 2.53. The number of amides is 7. The van der Waals surface area contributed by atoms with Gasteiger partial charge in [0.05, 0.1) is 74.8 Å². The Kier molecular flexibility index (Phi) is 22.1. The molecule has 28 nitrogen and oxygen atoms in total. The molecule has 4 aliphatic heterocycles. The number of aromatic nitrogens is 2. The van der Waals surface area contributed by atoms with Crippen LogP contribution in [-0.4, -0.2) is 165 Å². The number of aliphatic hydroxyl groups is 1. The van der Waals surface area contributed by atoms with Crippen molar-refractivity contribution in [3.05, 3.63) is 106 Å². The number of rotatable bonds is 27. The number of unbranched alkanes of at least 4 members (excludes halogenated alkanes) is 2. The quantitative estimate of drug-likeness (QED) is 0.0331. The smallest absolute Gasteiger partial charge is 0.422 e. The minimum atomic E-state index is -4.32. The predicted octanol–water partition coefficient (Wildman–Crippen LogP) is 6.89. The monoisotopic (exact) mass is 1350 g/mol. The molecular weight excluding hydrogens is 1260 g/mol. The van der Waals surface area contributed by atoms with Gasteiger partial charge in [-0.2, -0.15) is 18.2 Å². The van der Waals surface area contributed by atoms with Crippen LogP contribution in [0, 0.1) is 17.8 Å². The molecule has 0 radical (unpaired) electrons. The fraction of sp³-hybridized carbons (Fsp3) is 0.507. The van der Waals surface area contributed by atoms with E-state index in [-0.39, 0.29) is 91.5 Å². The van der Waals surface area contributed by atoms with Gasteiger partial charge in [-0.25, -0.2) is 19.2 Å². The van der Waals surface area contributed by atoms with Gasteiger partial charge in [-0.15, -0.1) is 0 Å². The normalized spacial score (nSPS) is 20.6. The molecule has 1 saturated carbocycles. The Labute approximate surface area is 557 Å². The molecule has 0 spiro atoms. The minimum absolute atomic E-state index is 0.0459. The zero-order valence-corrected chi connectivity index (χ0v) is 56.2. The number of methoxy groups -OCH3 is 2. The highest BCUT2D eigenvalue weighted by atomic mass is 32.2. The van der Waals surface area contributed by atoms with Gasteiger partial charge in [0.15, 0.2) is 29.2 Å². The van der Waals surface area contributed by atoms with Crippen LogP contribution < -0.4 is 49.2 Å². The summed E-state index contributed by atoms with van der Waals surface area (Å²) >= 11 is 0. The van der Waals surface area contributed by atoms with E-state index in [0.717, 1.165) is 48.2 Å². The third kappa shape index (κ3) is 16.2. The summed E-state index contributed by atoms with van der Waals surface area (Å²) in [5.41, 5.74) is 6.18. The van der Waals surface area contributed by atoms with E-state index in [1.165, 1.54) is 49.4 Å². The summed E-state index contributed by atoms with van der Waals surface area (Å²) in [6.07, 6.45) is 9.32. The molecule has 7 amide bonds. The average molecular weight is 1350 g/mol. The van der Waals surface area contributed by atoms with Crippen LogP contribution in [0.3, 0.4) is 0 Å². The summed E-state index contributed by atoms with van der Waals surface area (Å²) in [6.45, 7) is 12.0. The van der Waals surface area contributed by atoms with Crippen LogP contribution in [0.25, 0.3) is 0 Å². The molecule has 8 atom stereocenters. The van der Waals surface area contributed by atoms with Crippen LogP contribution in [0.5, 0.6) is 23.0 Å². The second-order valence-corrected chi connectivity index (χ2v) is 27.0. The van der Waals surface area contributed by atoms with E-state index >= 15 is 0 Å². The Morgan fingerprint density at radius 2 is 1.42 bits per heavy atom. The van der Waals surface area contributed by atoms with Crippen molar-refractivity contribution in [2.75, 3.05) is 57.4 Å². The van der Waals surface area contributed by atoms with Crippen molar-refractivity contribution in [1.29, 1.82) is 0 Å². The molecule has 4 aromatic rings. The topological polar surface area (TPSA) is 339 Å². The van der Waals surface area contributed by atoms with Gasteiger partial charge in [-0.05, 0) is 134 Å². The number of anilines is 2. The number of aliphatic hydroxyl groups excluding tert-OH is 1. The molecular formula is C67H85N11O17S. The lowest BCUT2D eigenvalue weighted by atomic mass is 9.99. The van der Waals surface area contributed by atoms with E-state index in [2.05, 4.69) is 44.6 Å². The highest BCUT2D eigenvalue weighted by molar-refractivity contribution is 7.88. The number of nitrogens with one attached hydrogen (secondary N) is 5. The summed E-state index contributed by atoms with van der Waals surface area (Å²) in [5.74, 6) is -1.36. The average Bonchev–Trinajstić information content (AvgIpc) is 1.59. The lowest BCUT2D eigenvalue weighted by Crippen LogP contribution is -2.54. The Morgan fingerprint density at radius 1 is 0.760 bits per heavy atom. The largest absolute Gasteiger partial charge is 0.493 e. The van der Waals surface area contributed by atoms with E-state index in [1.54, 1.807) is 67.6 Å². The molecule has 5 heterocycles. The molecule has 516 valence electrons. The first kappa shape index (κ1) is 69.8.